The van der Waals surface area contributed by atoms with Crippen LogP contribution in [0, 0.1) is 0 Å². The van der Waals surface area contributed by atoms with Gasteiger partial charge >= 0.3 is 10.2 Å². The summed E-state index contributed by atoms with van der Waals surface area (Å²) in [5, 5.41) is 0.299. The van der Waals surface area contributed by atoms with Crippen molar-refractivity contribution in [3.63, 3.8) is 0 Å². The third-order valence-electron chi connectivity index (χ3n) is 3.33. The third-order valence-corrected chi connectivity index (χ3v) is 5.26. The molecule has 19 heavy (non-hydrogen) atoms. The van der Waals surface area contributed by atoms with Gasteiger partial charge in [-0.05, 0) is 31.9 Å². The van der Waals surface area contributed by atoms with Gasteiger partial charge in [0, 0.05) is 12.6 Å². The molecule has 5 nitrogen and oxygen atoms in total. The molecule has 0 amide bonds. The van der Waals surface area contributed by atoms with Crippen LogP contribution in [0.25, 0.3) is 0 Å². The van der Waals surface area contributed by atoms with Gasteiger partial charge < -0.3 is 5.73 Å². The lowest BCUT2D eigenvalue weighted by molar-refractivity contribution is 0.270. The van der Waals surface area contributed by atoms with E-state index in [4.69, 9.17) is 17.3 Å². The first-order valence-corrected chi connectivity index (χ1v) is 8.07. The minimum atomic E-state index is -3.61. The lowest BCUT2D eigenvalue weighted by Gasteiger charge is -2.32. The summed E-state index contributed by atoms with van der Waals surface area (Å²) >= 11 is 5.99. The highest BCUT2D eigenvalue weighted by atomic mass is 35.5. The summed E-state index contributed by atoms with van der Waals surface area (Å²) in [4.78, 5) is 0. The number of nitrogen functional groups attached to an aromatic ring is 1. The van der Waals surface area contributed by atoms with E-state index in [1.54, 1.807) is 18.2 Å². The van der Waals surface area contributed by atoms with Crippen molar-refractivity contribution in [1.82, 2.24) is 4.31 Å². The second-order valence-electron chi connectivity index (χ2n) is 4.77. The fourth-order valence-electron chi connectivity index (χ4n) is 2.26. The molecule has 0 spiro atoms. The number of benzene rings is 1. The Kier molecular flexibility index (Phi) is 4.23. The Morgan fingerprint density at radius 2 is 2.16 bits per heavy atom. The van der Waals surface area contributed by atoms with E-state index < -0.39 is 10.2 Å². The molecule has 0 bridgehead atoms. The van der Waals surface area contributed by atoms with Crippen molar-refractivity contribution in [2.45, 2.75) is 32.2 Å². The first kappa shape index (κ1) is 14.4. The van der Waals surface area contributed by atoms with E-state index in [1.807, 2.05) is 6.92 Å². The van der Waals surface area contributed by atoms with E-state index >= 15 is 0 Å². The Labute approximate surface area is 118 Å². The monoisotopic (exact) mass is 303 g/mol. The largest absolute Gasteiger partial charge is 0.397 e. The molecule has 1 atom stereocenters. The van der Waals surface area contributed by atoms with Gasteiger partial charge in [-0.1, -0.05) is 24.1 Å². The van der Waals surface area contributed by atoms with Crippen molar-refractivity contribution in [3.05, 3.63) is 23.2 Å². The van der Waals surface area contributed by atoms with Gasteiger partial charge in [-0.2, -0.15) is 12.7 Å². The number of hydrogen-bond donors (Lipinski definition) is 2. The maximum absolute atomic E-state index is 12.4. The van der Waals surface area contributed by atoms with Gasteiger partial charge in [-0.15, -0.1) is 0 Å². The van der Waals surface area contributed by atoms with Crippen LogP contribution in [-0.4, -0.2) is 25.3 Å². The highest BCUT2D eigenvalue weighted by Crippen LogP contribution is 2.30. The molecule has 1 aliphatic rings. The van der Waals surface area contributed by atoms with Gasteiger partial charge in [0.15, 0.2) is 0 Å². The van der Waals surface area contributed by atoms with E-state index in [-0.39, 0.29) is 11.7 Å². The Morgan fingerprint density at radius 3 is 2.79 bits per heavy atom. The number of halogens is 1. The predicted octanol–water partition coefficient (Wildman–Crippen LogP) is 2.45. The standard InChI is InChI=1S/C12H18ClN3O2S/c1-9-5-2-3-8-16(9)19(17,18)15-12-10(13)6-4-7-11(12)14/h4,6-7,9,15H,2-3,5,8,14H2,1H3. The predicted molar refractivity (Wildman–Crippen MR) is 78.4 cm³/mol. The summed E-state index contributed by atoms with van der Waals surface area (Å²) in [5.41, 5.74) is 6.33. The van der Waals surface area contributed by atoms with Gasteiger partial charge in [0.05, 0.1) is 16.4 Å². The van der Waals surface area contributed by atoms with E-state index in [9.17, 15) is 8.42 Å². The zero-order valence-electron chi connectivity index (χ0n) is 10.8. The Bertz CT molecular complexity index is 542. The molecule has 1 unspecified atom stereocenters. The molecule has 0 aliphatic carbocycles. The van der Waals surface area contributed by atoms with Crippen LogP contribution >= 0.6 is 11.6 Å². The summed E-state index contributed by atoms with van der Waals surface area (Å²) < 4.78 is 28.7. The van der Waals surface area contributed by atoms with E-state index in [0.29, 0.717) is 17.3 Å². The average molecular weight is 304 g/mol. The fraction of sp³-hybridized carbons (Fsp3) is 0.500. The number of anilines is 2. The molecule has 1 aromatic carbocycles. The van der Waals surface area contributed by atoms with Crippen LogP contribution in [-0.2, 0) is 10.2 Å². The number of nitrogens with two attached hydrogens (primary N) is 1. The molecule has 106 valence electrons. The van der Waals surface area contributed by atoms with Crippen molar-refractivity contribution in [3.8, 4) is 0 Å². The van der Waals surface area contributed by atoms with Crippen molar-refractivity contribution in [2.75, 3.05) is 17.0 Å². The van der Waals surface area contributed by atoms with Crippen LogP contribution in [0.3, 0.4) is 0 Å². The smallest absolute Gasteiger partial charge is 0.301 e. The minimum Gasteiger partial charge on any atom is -0.397 e. The summed E-state index contributed by atoms with van der Waals surface area (Å²) in [6, 6.07) is 4.90. The zero-order valence-corrected chi connectivity index (χ0v) is 12.3. The third kappa shape index (κ3) is 3.13. The lowest BCUT2D eigenvalue weighted by Crippen LogP contribution is -2.44. The van der Waals surface area contributed by atoms with Gasteiger partial charge in [-0.3, -0.25) is 4.72 Å². The fourth-order valence-corrected chi connectivity index (χ4v) is 4.10. The molecule has 1 aliphatic heterocycles. The molecule has 7 heteroatoms. The van der Waals surface area contributed by atoms with Crippen LogP contribution in [0.5, 0.6) is 0 Å². The second-order valence-corrected chi connectivity index (χ2v) is 6.80. The molecular weight excluding hydrogens is 286 g/mol. The van der Waals surface area contributed by atoms with E-state index in [0.717, 1.165) is 19.3 Å². The summed E-state index contributed by atoms with van der Waals surface area (Å²) in [6.07, 6.45) is 2.81. The second kappa shape index (κ2) is 5.56. The molecular formula is C12H18ClN3O2S. The topological polar surface area (TPSA) is 75.4 Å². The Hall–Kier alpha value is -0.980. The Morgan fingerprint density at radius 1 is 1.42 bits per heavy atom. The van der Waals surface area contributed by atoms with E-state index in [1.165, 1.54) is 4.31 Å². The number of para-hydroxylation sites is 1. The molecule has 3 N–H and O–H groups in total. The highest BCUT2D eigenvalue weighted by molar-refractivity contribution is 7.90. The minimum absolute atomic E-state index is 0.00466. The summed E-state index contributed by atoms with van der Waals surface area (Å²) in [6.45, 7) is 2.44. The normalized spacial score (nSPS) is 21.3. The maximum Gasteiger partial charge on any atom is 0.301 e. The Balaban J connectivity index is 2.26. The first-order valence-electron chi connectivity index (χ1n) is 6.25. The number of rotatable bonds is 3. The van der Waals surface area contributed by atoms with Crippen LogP contribution in [0.2, 0.25) is 5.02 Å². The summed E-state index contributed by atoms with van der Waals surface area (Å²) in [7, 11) is -3.61. The summed E-state index contributed by atoms with van der Waals surface area (Å²) in [5.74, 6) is 0. The quantitative estimate of drug-likeness (QED) is 0.842. The molecule has 1 aromatic rings. The zero-order chi connectivity index (χ0) is 14.0. The van der Waals surface area contributed by atoms with Crippen molar-refractivity contribution in [2.24, 2.45) is 0 Å². The molecule has 1 fully saturated rings. The highest BCUT2D eigenvalue weighted by Gasteiger charge is 2.30. The molecule has 1 heterocycles. The molecule has 0 radical (unpaired) electrons. The van der Waals surface area contributed by atoms with Crippen molar-refractivity contribution in [1.29, 1.82) is 0 Å². The number of nitrogens with zero attached hydrogens (tertiary/aromatic N) is 1. The van der Waals surface area contributed by atoms with Crippen LogP contribution < -0.4 is 10.5 Å². The van der Waals surface area contributed by atoms with Crippen LogP contribution in [0.15, 0.2) is 18.2 Å². The van der Waals surface area contributed by atoms with Gasteiger partial charge in [-0.25, -0.2) is 0 Å². The molecule has 0 saturated carbocycles. The van der Waals surface area contributed by atoms with Gasteiger partial charge in [0.25, 0.3) is 0 Å². The molecule has 1 saturated heterocycles. The number of piperidine rings is 1. The maximum atomic E-state index is 12.4. The van der Waals surface area contributed by atoms with Gasteiger partial charge in [0.1, 0.15) is 0 Å². The number of nitrogens with one attached hydrogen (secondary N) is 1. The van der Waals surface area contributed by atoms with Crippen LogP contribution in [0.1, 0.15) is 26.2 Å². The molecule has 0 aromatic heterocycles. The average Bonchev–Trinajstić information content (AvgIpc) is 2.34. The first-order chi connectivity index (χ1) is 8.92. The van der Waals surface area contributed by atoms with Crippen LogP contribution in [0.4, 0.5) is 11.4 Å². The number of hydrogen-bond acceptors (Lipinski definition) is 3. The molecule has 2 rings (SSSR count). The van der Waals surface area contributed by atoms with Crippen molar-refractivity contribution < 1.29 is 8.42 Å². The SMILES string of the molecule is CC1CCCCN1S(=O)(=O)Nc1c(N)cccc1Cl. The van der Waals surface area contributed by atoms with Crippen molar-refractivity contribution >= 4 is 33.2 Å². The van der Waals surface area contributed by atoms with E-state index in [2.05, 4.69) is 4.72 Å². The lowest BCUT2D eigenvalue weighted by atomic mass is 10.1. The van der Waals surface area contributed by atoms with Gasteiger partial charge in [0.2, 0.25) is 0 Å².